The molecule has 1 aliphatic heterocycles. The molecule has 2 aromatic heterocycles. The van der Waals surface area contributed by atoms with Crippen LogP contribution in [-0.4, -0.2) is 32.2 Å². The molecule has 1 aliphatic rings. The Morgan fingerprint density at radius 2 is 2.00 bits per heavy atom. The quantitative estimate of drug-likeness (QED) is 0.450. The summed E-state index contributed by atoms with van der Waals surface area (Å²) >= 11 is 0. The normalized spacial score (nSPS) is 19.6. The van der Waals surface area contributed by atoms with E-state index in [0.29, 0.717) is 13.0 Å². The number of benzene rings is 2. The second-order valence-corrected chi connectivity index (χ2v) is 7.23. The van der Waals surface area contributed by atoms with E-state index in [4.69, 9.17) is 0 Å². The third-order valence-corrected chi connectivity index (χ3v) is 5.66. The first-order chi connectivity index (χ1) is 13.2. The average molecular weight is 362 g/mol. The molecule has 2 atom stereocenters. The van der Waals surface area contributed by atoms with E-state index >= 15 is 0 Å². The van der Waals surface area contributed by atoms with Crippen molar-refractivity contribution in [1.82, 2.24) is 19.9 Å². The number of H-pyrrole nitrogens is 2. The summed E-state index contributed by atoms with van der Waals surface area (Å²) in [6.07, 6.45) is 3.00. The molecule has 4 aromatic rings. The van der Waals surface area contributed by atoms with Gasteiger partial charge in [-0.25, -0.2) is 4.79 Å². The van der Waals surface area contributed by atoms with Gasteiger partial charge in [-0.3, -0.25) is 4.57 Å². The molecule has 4 N–H and O–H groups in total. The molecule has 1 unspecified atom stereocenters. The van der Waals surface area contributed by atoms with Crippen LogP contribution in [0.5, 0.6) is 0 Å². The fourth-order valence-electron chi connectivity index (χ4n) is 4.29. The lowest BCUT2D eigenvalue weighted by molar-refractivity contribution is 0.126. The van der Waals surface area contributed by atoms with Crippen molar-refractivity contribution in [3.8, 4) is 0 Å². The monoisotopic (exact) mass is 362 g/mol. The molecule has 6 nitrogen and oxygen atoms in total. The van der Waals surface area contributed by atoms with Crippen LogP contribution in [0.2, 0.25) is 0 Å². The Hall–Kier alpha value is -2.83. The van der Waals surface area contributed by atoms with Gasteiger partial charge < -0.3 is 20.4 Å². The molecule has 3 heterocycles. The molecule has 138 valence electrons. The zero-order valence-corrected chi connectivity index (χ0v) is 14.9. The number of nitrogens with zero attached hydrogens (tertiary/aromatic N) is 1. The van der Waals surface area contributed by atoms with Gasteiger partial charge in [0.05, 0.1) is 17.1 Å². The van der Waals surface area contributed by atoms with Gasteiger partial charge in [-0.05, 0) is 37.1 Å². The third-order valence-electron chi connectivity index (χ3n) is 5.66. The molecule has 0 radical (unpaired) electrons. The molecule has 6 heteroatoms. The Bertz CT molecular complexity index is 1170. The zero-order chi connectivity index (χ0) is 18.4. The average Bonchev–Trinajstić information content (AvgIpc) is 3.19. The number of aromatic nitrogens is 3. The molecular formula is C21H22N4O2. The second-order valence-electron chi connectivity index (χ2n) is 7.23. The Labute approximate surface area is 155 Å². The van der Waals surface area contributed by atoms with Gasteiger partial charge in [-0.15, -0.1) is 0 Å². The predicted octanol–water partition coefficient (Wildman–Crippen LogP) is 2.45. The van der Waals surface area contributed by atoms with Gasteiger partial charge in [0.2, 0.25) is 0 Å². The smallest absolute Gasteiger partial charge is 0.326 e. The number of aliphatic hydroxyl groups is 1. The lowest BCUT2D eigenvalue weighted by Crippen LogP contribution is -2.36. The number of aromatic amines is 2. The molecule has 5 rings (SSSR count). The standard InChI is InChI=1S/C21H22N4O2/c26-20-15-5-3-7-17-19(15)25(21(27)24-17)11-9-18(20)22-10-8-13-12-23-16-6-2-1-4-14(13)16/h1-7,12,18,20,22-23,26H,8-11H2,(H,24,27)/t18-,20?/m1/s1. The van der Waals surface area contributed by atoms with Crippen LogP contribution < -0.4 is 11.0 Å². The van der Waals surface area contributed by atoms with Gasteiger partial charge in [0.25, 0.3) is 0 Å². The van der Waals surface area contributed by atoms with Crippen LogP contribution in [0.1, 0.15) is 23.7 Å². The summed E-state index contributed by atoms with van der Waals surface area (Å²) in [5.74, 6) is 0. The molecule has 0 saturated carbocycles. The minimum Gasteiger partial charge on any atom is -0.387 e. The van der Waals surface area contributed by atoms with E-state index in [1.807, 2.05) is 24.3 Å². The van der Waals surface area contributed by atoms with Crippen molar-refractivity contribution in [1.29, 1.82) is 0 Å². The van der Waals surface area contributed by atoms with Crippen LogP contribution in [-0.2, 0) is 13.0 Å². The van der Waals surface area contributed by atoms with E-state index in [0.717, 1.165) is 35.1 Å². The minimum absolute atomic E-state index is 0.0832. The van der Waals surface area contributed by atoms with Gasteiger partial charge >= 0.3 is 5.69 Å². The Morgan fingerprint density at radius 3 is 2.93 bits per heavy atom. The zero-order valence-electron chi connectivity index (χ0n) is 14.9. The SMILES string of the molecule is O=c1[nH]c2cccc3c2n1CC[C@@H](NCCc1c[nH]c2ccccc12)C3O. The number of aliphatic hydroxyl groups excluding tert-OH is 1. The van der Waals surface area contributed by atoms with Crippen molar-refractivity contribution in [2.45, 2.75) is 31.5 Å². The highest BCUT2D eigenvalue weighted by molar-refractivity contribution is 5.83. The molecule has 0 spiro atoms. The van der Waals surface area contributed by atoms with Crippen LogP contribution >= 0.6 is 0 Å². The Morgan fingerprint density at radius 1 is 1.15 bits per heavy atom. The summed E-state index contributed by atoms with van der Waals surface area (Å²) in [7, 11) is 0. The predicted molar refractivity (Wildman–Crippen MR) is 106 cm³/mol. The first kappa shape index (κ1) is 16.4. The number of aryl methyl sites for hydroxylation is 1. The summed E-state index contributed by atoms with van der Waals surface area (Å²) in [5.41, 5.74) is 4.74. The van der Waals surface area contributed by atoms with Crippen LogP contribution in [0.25, 0.3) is 21.9 Å². The van der Waals surface area contributed by atoms with Gasteiger partial charge in [0.1, 0.15) is 0 Å². The molecule has 0 aliphatic carbocycles. The van der Waals surface area contributed by atoms with Crippen molar-refractivity contribution in [3.63, 3.8) is 0 Å². The molecule has 0 amide bonds. The number of nitrogens with one attached hydrogen (secondary N) is 3. The van der Waals surface area contributed by atoms with Crippen molar-refractivity contribution in [2.75, 3.05) is 6.54 Å². The Balaban J connectivity index is 1.35. The maximum Gasteiger partial charge on any atom is 0.326 e. The van der Waals surface area contributed by atoms with Crippen molar-refractivity contribution in [2.24, 2.45) is 0 Å². The lowest BCUT2D eigenvalue weighted by atomic mass is 9.99. The van der Waals surface area contributed by atoms with Crippen molar-refractivity contribution >= 4 is 21.9 Å². The number of hydrogen-bond donors (Lipinski definition) is 4. The summed E-state index contributed by atoms with van der Waals surface area (Å²) in [5, 5.41) is 15.7. The molecule has 0 bridgehead atoms. The highest BCUT2D eigenvalue weighted by Gasteiger charge is 2.27. The molecule has 27 heavy (non-hydrogen) atoms. The van der Waals surface area contributed by atoms with E-state index in [1.165, 1.54) is 10.9 Å². The van der Waals surface area contributed by atoms with Crippen molar-refractivity contribution in [3.05, 3.63) is 70.3 Å². The van der Waals surface area contributed by atoms with Gasteiger partial charge in [0.15, 0.2) is 0 Å². The first-order valence-electron chi connectivity index (χ1n) is 9.40. The van der Waals surface area contributed by atoms with E-state index in [-0.39, 0.29) is 11.7 Å². The van der Waals surface area contributed by atoms with E-state index in [9.17, 15) is 9.90 Å². The number of hydrogen-bond acceptors (Lipinski definition) is 3. The van der Waals surface area contributed by atoms with Gasteiger partial charge in [0, 0.05) is 35.2 Å². The fraction of sp³-hybridized carbons (Fsp3) is 0.286. The third kappa shape index (κ3) is 2.69. The summed E-state index contributed by atoms with van der Waals surface area (Å²) < 4.78 is 1.75. The van der Waals surface area contributed by atoms with Crippen LogP contribution in [0.4, 0.5) is 0 Å². The molecule has 0 fully saturated rings. The fourth-order valence-corrected chi connectivity index (χ4v) is 4.29. The minimum atomic E-state index is -0.638. The maximum absolute atomic E-state index is 12.2. The number of fused-ring (bicyclic) bond motifs is 1. The van der Waals surface area contributed by atoms with E-state index < -0.39 is 6.10 Å². The number of rotatable bonds is 4. The van der Waals surface area contributed by atoms with Gasteiger partial charge in [-0.1, -0.05) is 30.3 Å². The summed E-state index contributed by atoms with van der Waals surface area (Å²) in [4.78, 5) is 18.4. The Kier molecular flexibility index (Phi) is 3.88. The summed E-state index contributed by atoms with van der Waals surface area (Å²) in [6.45, 7) is 1.36. The van der Waals surface area contributed by atoms with Gasteiger partial charge in [-0.2, -0.15) is 0 Å². The molecule has 0 saturated heterocycles. The summed E-state index contributed by atoms with van der Waals surface area (Å²) in [6, 6.07) is 13.9. The highest BCUT2D eigenvalue weighted by Crippen LogP contribution is 2.29. The second kappa shape index (κ2) is 6.40. The van der Waals surface area contributed by atoms with Crippen LogP contribution in [0, 0.1) is 0 Å². The lowest BCUT2D eigenvalue weighted by Gasteiger charge is -2.22. The number of imidazole rings is 1. The largest absolute Gasteiger partial charge is 0.387 e. The topological polar surface area (TPSA) is 85.8 Å². The highest BCUT2D eigenvalue weighted by atomic mass is 16.3. The van der Waals surface area contributed by atoms with E-state index in [1.54, 1.807) is 4.57 Å². The maximum atomic E-state index is 12.2. The molecule has 2 aromatic carbocycles. The van der Waals surface area contributed by atoms with E-state index in [2.05, 4.69) is 39.7 Å². The van der Waals surface area contributed by atoms with Crippen LogP contribution in [0.3, 0.4) is 0 Å². The number of para-hydroxylation sites is 2. The molecular weight excluding hydrogens is 340 g/mol. The van der Waals surface area contributed by atoms with Crippen molar-refractivity contribution < 1.29 is 5.11 Å². The first-order valence-corrected chi connectivity index (χ1v) is 9.40. The van der Waals surface area contributed by atoms with Crippen LogP contribution in [0.15, 0.2) is 53.5 Å².